The number of nitrogens with one attached hydrogen (secondary N) is 1. The third-order valence-electron chi connectivity index (χ3n) is 7.07. The molecule has 0 aromatic heterocycles. The van der Waals surface area contributed by atoms with Crippen molar-refractivity contribution in [2.45, 2.75) is 58.2 Å². The van der Waals surface area contributed by atoms with E-state index in [4.69, 9.17) is 4.74 Å². The number of ether oxygens (including phenoxy) is 1. The second-order valence-corrected chi connectivity index (χ2v) is 9.27. The van der Waals surface area contributed by atoms with Crippen molar-refractivity contribution in [1.29, 1.82) is 0 Å². The maximum absolute atomic E-state index is 13.2. The summed E-state index contributed by atoms with van der Waals surface area (Å²) in [7, 11) is 0. The molecule has 1 aliphatic carbocycles. The average Bonchev–Trinajstić information content (AvgIpc) is 3.09. The van der Waals surface area contributed by atoms with Crippen LogP contribution in [0, 0.1) is 5.92 Å². The van der Waals surface area contributed by atoms with Crippen molar-refractivity contribution in [3.8, 4) is 5.75 Å². The van der Waals surface area contributed by atoms with Crippen LogP contribution in [-0.4, -0.2) is 46.3 Å². The Morgan fingerprint density at radius 3 is 2.50 bits per heavy atom. The van der Waals surface area contributed by atoms with Gasteiger partial charge in [0.1, 0.15) is 24.4 Å². The predicted molar refractivity (Wildman–Crippen MR) is 129 cm³/mol. The number of nitrogens with zero attached hydrogens (tertiary/aromatic N) is 2. The molecular formula is C27H33N3O4. The molecule has 1 N–H and O–H groups in total. The highest BCUT2D eigenvalue weighted by Crippen LogP contribution is 2.38. The van der Waals surface area contributed by atoms with Gasteiger partial charge in [0.15, 0.2) is 0 Å². The summed E-state index contributed by atoms with van der Waals surface area (Å²) in [6.07, 6.45) is 3.51. The van der Waals surface area contributed by atoms with Crippen LogP contribution < -0.4 is 10.1 Å². The van der Waals surface area contributed by atoms with Gasteiger partial charge in [0, 0.05) is 13.1 Å². The molecule has 1 spiro atoms. The number of benzene rings is 2. The maximum Gasteiger partial charge on any atom is 0.325 e. The molecule has 1 saturated heterocycles. The van der Waals surface area contributed by atoms with E-state index in [2.05, 4.69) is 5.32 Å². The van der Waals surface area contributed by atoms with Gasteiger partial charge in [-0.1, -0.05) is 62.2 Å². The van der Waals surface area contributed by atoms with Crippen molar-refractivity contribution in [2.24, 2.45) is 5.92 Å². The molecule has 4 amide bonds. The summed E-state index contributed by atoms with van der Waals surface area (Å²) in [4.78, 5) is 41.6. The molecular weight excluding hydrogens is 430 g/mol. The number of carbonyl (C=O) groups is 3. The van der Waals surface area contributed by atoms with Gasteiger partial charge in [0.05, 0.1) is 0 Å². The third-order valence-corrected chi connectivity index (χ3v) is 7.07. The Labute approximate surface area is 201 Å². The number of amides is 4. The summed E-state index contributed by atoms with van der Waals surface area (Å²) in [6, 6.07) is 17.2. The van der Waals surface area contributed by atoms with Gasteiger partial charge < -0.3 is 15.0 Å². The molecule has 2 aromatic rings. The van der Waals surface area contributed by atoms with Gasteiger partial charge in [0.25, 0.3) is 5.91 Å². The molecule has 7 heteroatoms. The minimum Gasteiger partial charge on any atom is -0.489 e. The first-order valence-corrected chi connectivity index (χ1v) is 12.1. The third kappa shape index (κ3) is 4.93. The van der Waals surface area contributed by atoms with Crippen LogP contribution in [0.3, 0.4) is 0 Å². The van der Waals surface area contributed by atoms with Crippen LogP contribution >= 0.6 is 0 Å². The molecule has 0 bridgehead atoms. The zero-order valence-corrected chi connectivity index (χ0v) is 20.0. The van der Waals surface area contributed by atoms with Crippen LogP contribution in [0.15, 0.2) is 54.6 Å². The lowest BCUT2D eigenvalue weighted by atomic mass is 9.73. The quantitative estimate of drug-likeness (QED) is 0.598. The van der Waals surface area contributed by atoms with Gasteiger partial charge in [-0.25, -0.2) is 4.79 Å². The molecule has 34 heavy (non-hydrogen) atoms. The highest BCUT2D eigenvalue weighted by Gasteiger charge is 2.55. The molecule has 2 aromatic carbocycles. The zero-order valence-electron chi connectivity index (χ0n) is 20.0. The van der Waals surface area contributed by atoms with Crippen LogP contribution in [-0.2, 0) is 22.7 Å². The fraction of sp³-hybridized carbons (Fsp3) is 0.444. The SMILES string of the molecule is CCN(Cc1ccc(OCc2ccccc2)cc1)C(=O)CN1C(=O)N[C@@]2(CCCC[C@@H]2C)C1=O. The maximum atomic E-state index is 13.2. The van der Waals surface area contributed by atoms with Crippen molar-refractivity contribution in [3.05, 3.63) is 65.7 Å². The highest BCUT2D eigenvalue weighted by atomic mass is 16.5. The van der Waals surface area contributed by atoms with Crippen molar-refractivity contribution >= 4 is 17.8 Å². The number of imide groups is 1. The van der Waals surface area contributed by atoms with Crippen LogP contribution in [0.25, 0.3) is 0 Å². The largest absolute Gasteiger partial charge is 0.489 e. The normalized spacial score (nSPS) is 22.1. The molecule has 1 heterocycles. The molecule has 0 radical (unpaired) electrons. The van der Waals surface area contributed by atoms with E-state index in [0.29, 0.717) is 26.1 Å². The van der Waals surface area contributed by atoms with Gasteiger partial charge in [-0.05, 0) is 48.9 Å². The lowest BCUT2D eigenvalue weighted by Gasteiger charge is -2.36. The second kappa shape index (κ2) is 10.3. The molecule has 0 unspecified atom stereocenters. The number of likely N-dealkylation sites (N-methyl/N-ethyl adjacent to an activating group) is 1. The standard InChI is InChI=1S/C27H33N3O4/c1-3-29(17-21-12-14-23(15-13-21)34-19-22-10-5-4-6-11-22)24(31)18-30-25(32)27(28-26(30)33)16-8-7-9-20(27)2/h4-6,10-15,20H,3,7-9,16-19H2,1-2H3,(H,28,33)/t20-,27+/m0/s1. The molecule has 2 atom stereocenters. The minimum atomic E-state index is -0.845. The van der Waals surface area contributed by atoms with E-state index in [1.807, 2.05) is 68.4 Å². The topological polar surface area (TPSA) is 79.0 Å². The Morgan fingerprint density at radius 2 is 1.82 bits per heavy atom. The van der Waals surface area contributed by atoms with Gasteiger partial charge in [0.2, 0.25) is 5.91 Å². The van der Waals surface area contributed by atoms with Crippen LogP contribution in [0.2, 0.25) is 0 Å². The van der Waals surface area contributed by atoms with E-state index < -0.39 is 11.6 Å². The summed E-state index contributed by atoms with van der Waals surface area (Å²) < 4.78 is 5.83. The summed E-state index contributed by atoms with van der Waals surface area (Å²) in [5, 5.41) is 2.91. The van der Waals surface area contributed by atoms with E-state index in [1.165, 1.54) is 0 Å². The van der Waals surface area contributed by atoms with Crippen LogP contribution in [0.1, 0.15) is 50.7 Å². The Kier molecular flexibility index (Phi) is 7.20. The van der Waals surface area contributed by atoms with E-state index in [1.54, 1.807) is 4.90 Å². The van der Waals surface area contributed by atoms with Crippen molar-refractivity contribution in [1.82, 2.24) is 15.1 Å². The molecule has 1 aliphatic heterocycles. The first kappa shape index (κ1) is 23.8. The first-order valence-electron chi connectivity index (χ1n) is 12.1. The summed E-state index contributed by atoms with van der Waals surface area (Å²) in [6.45, 7) is 5.05. The van der Waals surface area contributed by atoms with E-state index in [-0.39, 0.29) is 24.3 Å². The minimum absolute atomic E-state index is 0.0719. The molecule has 4 rings (SSSR count). The molecule has 7 nitrogen and oxygen atoms in total. The molecule has 1 saturated carbocycles. The number of hydrogen-bond donors (Lipinski definition) is 1. The number of urea groups is 1. The van der Waals surface area contributed by atoms with Gasteiger partial charge in [-0.3, -0.25) is 14.5 Å². The second-order valence-electron chi connectivity index (χ2n) is 9.27. The first-order chi connectivity index (χ1) is 16.4. The summed E-state index contributed by atoms with van der Waals surface area (Å²) in [5.41, 5.74) is 1.21. The summed E-state index contributed by atoms with van der Waals surface area (Å²) in [5.74, 6) is 0.334. The Morgan fingerprint density at radius 1 is 1.09 bits per heavy atom. The number of carbonyl (C=O) groups excluding carboxylic acids is 3. The molecule has 2 aliphatic rings. The molecule has 180 valence electrons. The van der Waals surface area contributed by atoms with Crippen molar-refractivity contribution in [2.75, 3.05) is 13.1 Å². The lowest BCUT2D eigenvalue weighted by Crippen LogP contribution is -2.54. The fourth-order valence-electron chi connectivity index (χ4n) is 4.90. The van der Waals surface area contributed by atoms with Crippen molar-refractivity contribution < 1.29 is 19.1 Å². The Hall–Kier alpha value is -3.35. The number of rotatable bonds is 8. The van der Waals surface area contributed by atoms with Crippen LogP contribution in [0.5, 0.6) is 5.75 Å². The lowest BCUT2D eigenvalue weighted by molar-refractivity contribution is -0.140. The predicted octanol–water partition coefficient (Wildman–Crippen LogP) is 4.11. The average molecular weight is 464 g/mol. The Balaban J connectivity index is 1.34. The van der Waals surface area contributed by atoms with Crippen LogP contribution in [0.4, 0.5) is 4.79 Å². The van der Waals surface area contributed by atoms with E-state index in [9.17, 15) is 14.4 Å². The Bertz CT molecular complexity index is 1020. The van der Waals surface area contributed by atoms with E-state index in [0.717, 1.165) is 41.0 Å². The zero-order chi connectivity index (χ0) is 24.1. The summed E-state index contributed by atoms with van der Waals surface area (Å²) >= 11 is 0. The molecule has 2 fully saturated rings. The fourth-order valence-corrected chi connectivity index (χ4v) is 4.90. The number of hydrogen-bond acceptors (Lipinski definition) is 4. The van der Waals surface area contributed by atoms with Crippen molar-refractivity contribution in [3.63, 3.8) is 0 Å². The monoisotopic (exact) mass is 463 g/mol. The van der Waals surface area contributed by atoms with Gasteiger partial charge in [-0.15, -0.1) is 0 Å². The highest BCUT2D eigenvalue weighted by molar-refractivity contribution is 6.09. The van der Waals surface area contributed by atoms with Gasteiger partial charge in [-0.2, -0.15) is 0 Å². The smallest absolute Gasteiger partial charge is 0.325 e. The van der Waals surface area contributed by atoms with E-state index >= 15 is 0 Å². The van der Waals surface area contributed by atoms with Gasteiger partial charge >= 0.3 is 6.03 Å².